The highest BCUT2D eigenvalue weighted by Gasteiger charge is 2.23. The summed E-state index contributed by atoms with van der Waals surface area (Å²) in [7, 11) is 0. The van der Waals surface area contributed by atoms with Crippen LogP contribution in [0.1, 0.15) is 37.0 Å². The van der Waals surface area contributed by atoms with Crippen LogP contribution in [0.4, 0.5) is 0 Å². The van der Waals surface area contributed by atoms with E-state index in [0.29, 0.717) is 13.2 Å². The fraction of sp³-hybridized carbons (Fsp3) is 0.684. The Morgan fingerprint density at radius 1 is 1.18 bits per heavy atom. The molecule has 1 heterocycles. The predicted octanol–water partition coefficient (Wildman–Crippen LogP) is 3.33. The first-order chi connectivity index (χ1) is 10.3. The number of rotatable bonds is 5. The molecule has 3 atom stereocenters. The van der Waals surface area contributed by atoms with Crippen LogP contribution in [0.2, 0.25) is 0 Å². The van der Waals surface area contributed by atoms with Crippen LogP contribution in [0.25, 0.3) is 0 Å². The maximum atomic E-state index is 10.3. The van der Waals surface area contributed by atoms with Crippen molar-refractivity contribution in [1.82, 2.24) is 4.90 Å². The van der Waals surface area contributed by atoms with Crippen LogP contribution in [0.5, 0.6) is 5.75 Å². The van der Waals surface area contributed by atoms with Crippen molar-refractivity contribution in [1.29, 1.82) is 0 Å². The van der Waals surface area contributed by atoms with Crippen molar-refractivity contribution in [2.75, 3.05) is 26.2 Å². The van der Waals surface area contributed by atoms with Gasteiger partial charge in [0.05, 0.1) is 0 Å². The van der Waals surface area contributed by atoms with Crippen molar-refractivity contribution < 1.29 is 9.84 Å². The first-order valence-corrected chi connectivity index (χ1v) is 8.46. The summed E-state index contributed by atoms with van der Waals surface area (Å²) in [5.74, 6) is 2.34. The lowest BCUT2D eigenvalue weighted by molar-refractivity contribution is 0.0427. The summed E-state index contributed by atoms with van der Waals surface area (Å²) in [4.78, 5) is 2.38. The minimum absolute atomic E-state index is 0.364. The molecule has 0 unspecified atom stereocenters. The smallest absolute Gasteiger partial charge is 0.122 e. The molecule has 1 aromatic rings. The molecule has 1 N–H and O–H groups in total. The lowest BCUT2D eigenvalue weighted by Gasteiger charge is -2.36. The Balaban J connectivity index is 1.86. The molecule has 0 amide bonds. The van der Waals surface area contributed by atoms with Crippen LogP contribution in [-0.4, -0.2) is 42.4 Å². The number of nitrogens with zero attached hydrogens (tertiary/aromatic N) is 1. The second-order valence-electron chi connectivity index (χ2n) is 7.33. The SMILES string of the molecule is Cc1cc(C)c(C)c(OC[C@H](O)CN2C[C@@H](C)C[C@H](C)C2)c1. The molecule has 1 aromatic carbocycles. The molecular weight excluding hydrogens is 274 g/mol. The average molecular weight is 305 g/mol. The van der Waals surface area contributed by atoms with Gasteiger partial charge < -0.3 is 14.7 Å². The van der Waals surface area contributed by atoms with Crippen LogP contribution in [0.3, 0.4) is 0 Å². The Labute approximate surface area is 135 Å². The van der Waals surface area contributed by atoms with Gasteiger partial charge in [-0.25, -0.2) is 0 Å². The number of ether oxygens (including phenoxy) is 1. The maximum Gasteiger partial charge on any atom is 0.122 e. The van der Waals surface area contributed by atoms with E-state index in [0.717, 1.165) is 36.2 Å². The summed E-state index contributed by atoms with van der Waals surface area (Å²) in [6.45, 7) is 14.1. The number of aryl methyl sites for hydroxylation is 2. The van der Waals surface area contributed by atoms with Crippen molar-refractivity contribution in [3.8, 4) is 5.75 Å². The summed E-state index contributed by atoms with van der Waals surface area (Å²) in [6, 6.07) is 4.22. The van der Waals surface area contributed by atoms with Gasteiger partial charge in [-0.1, -0.05) is 19.9 Å². The number of benzene rings is 1. The van der Waals surface area contributed by atoms with Gasteiger partial charge in [0.2, 0.25) is 0 Å². The normalized spacial score (nSPS) is 24.3. The van der Waals surface area contributed by atoms with Gasteiger partial charge in [-0.3, -0.25) is 0 Å². The number of aliphatic hydroxyl groups excluding tert-OH is 1. The zero-order valence-electron chi connectivity index (χ0n) is 14.7. The van der Waals surface area contributed by atoms with E-state index < -0.39 is 6.10 Å². The second-order valence-corrected chi connectivity index (χ2v) is 7.33. The van der Waals surface area contributed by atoms with E-state index in [1.54, 1.807) is 0 Å². The van der Waals surface area contributed by atoms with Gasteiger partial charge >= 0.3 is 0 Å². The van der Waals surface area contributed by atoms with E-state index in [1.807, 2.05) is 0 Å². The molecule has 0 radical (unpaired) electrons. The molecule has 0 spiro atoms. The number of hydrogen-bond donors (Lipinski definition) is 1. The Bertz CT molecular complexity index is 490. The lowest BCUT2D eigenvalue weighted by atomic mass is 9.92. The molecule has 1 saturated heterocycles. The Morgan fingerprint density at radius 2 is 1.82 bits per heavy atom. The van der Waals surface area contributed by atoms with E-state index in [2.05, 4.69) is 51.7 Å². The van der Waals surface area contributed by atoms with Crippen molar-refractivity contribution in [2.45, 2.75) is 47.1 Å². The van der Waals surface area contributed by atoms with E-state index >= 15 is 0 Å². The highest BCUT2D eigenvalue weighted by Crippen LogP contribution is 2.24. The minimum atomic E-state index is -0.433. The molecule has 0 saturated carbocycles. The molecule has 22 heavy (non-hydrogen) atoms. The summed E-state index contributed by atoms with van der Waals surface area (Å²) >= 11 is 0. The average Bonchev–Trinajstić information content (AvgIpc) is 2.40. The summed E-state index contributed by atoms with van der Waals surface area (Å²) in [5.41, 5.74) is 3.60. The van der Waals surface area contributed by atoms with Crippen LogP contribution in [-0.2, 0) is 0 Å². The number of β-amino-alcohol motifs (C(OH)–C–C–N with tert-alkyl or cyclic N) is 1. The molecule has 3 heteroatoms. The minimum Gasteiger partial charge on any atom is -0.491 e. The van der Waals surface area contributed by atoms with E-state index in [-0.39, 0.29) is 0 Å². The topological polar surface area (TPSA) is 32.7 Å². The third-order valence-electron chi connectivity index (χ3n) is 4.61. The summed E-state index contributed by atoms with van der Waals surface area (Å²) in [5, 5.41) is 10.3. The van der Waals surface area contributed by atoms with Crippen LogP contribution in [0.15, 0.2) is 12.1 Å². The number of likely N-dealkylation sites (tertiary alicyclic amines) is 1. The molecule has 2 rings (SSSR count). The predicted molar refractivity (Wildman–Crippen MR) is 91.5 cm³/mol. The van der Waals surface area contributed by atoms with Crippen molar-refractivity contribution in [2.24, 2.45) is 11.8 Å². The van der Waals surface area contributed by atoms with E-state index in [9.17, 15) is 5.11 Å². The Kier molecular flexibility index (Phi) is 5.87. The maximum absolute atomic E-state index is 10.3. The van der Waals surface area contributed by atoms with Crippen LogP contribution < -0.4 is 4.74 Å². The highest BCUT2D eigenvalue weighted by molar-refractivity contribution is 5.41. The highest BCUT2D eigenvalue weighted by atomic mass is 16.5. The fourth-order valence-corrected chi connectivity index (χ4v) is 3.63. The van der Waals surface area contributed by atoms with Gasteiger partial charge in [0.15, 0.2) is 0 Å². The molecule has 124 valence electrons. The third-order valence-corrected chi connectivity index (χ3v) is 4.61. The molecular formula is C19H31NO2. The van der Waals surface area contributed by atoms with Gasteiger partial charge in [-0.05, 0) is 61.8 Å². The zero-order chi connectivity index (χ0) is 16.3. The van der Waals surface area contributed by atoms with Crippen molar-refractivity contribution in [3.05, 3.63) is 28.8 Å². The third kappa shape index (κ3) is 4.72. The van der Waals surface area contributed by atoms with Crippen molar-refractivity contribution >= 4 is 0 Å². The molecule has 0 aromatic heterocycles. The Hall–Kier alpha value is -1.06. The molecule has 1 aliphatic heterocycles. The van der Waals surface area contributed by atoms with Gasteiger partial charge in [0.1, 0.15) is 18.5 Å². The number of piperidine rings is 1. The molecule has 1 aliphatic rings. The zero-order valence-corrected chi connectivity index (χ0v) is 14.7. The van der Waals surface area contributed by atoms with Gasteiger partial charge in [-0.2, -0.15) is 0 Å². The second kappa shape index (κ2) is 7.47. The molecule has 3 nitrogen and oxygen atoms in total. The Morgan fingerprint density at radius 3 is 2.45 bits per heavy atom. The van der Waals surface area contributed by atoms with E-state index in [1.165, 1.54) is 17.5 Å². The summed E-state index contributed by atoms with van der Waals surface area (Å²) in [6.07, 6.45) is 0.864. The molecule has 0 bridgehead atoms. The van der Waals surface area contributed by atoms with Gasteiger partial charge in [-0.15, -0.1) is 0 Å². The summed E-state index contributed by atoms with van der Waals surface area (Å²) < 4.78 is 5.88. The van der Waals surface area contributed by atoms with Gasteiger partial charge in [0, 0.05) is 19.6 Å². The quantitative estimate of drug-likeness (QED) is 0.906. The number of hydrogen-bond acceptors (Lipinski definition) is 3. The van der Waals surface area contributed by atoms with Crippen molar-refractivity contribution in [3.63, 3.8) is 0 Å². The number of aliphatic hydroxyl groups is 1. The lowest BCUT2D eigenvalue weighted by Crippen LogP contribution is -2.44. The monoisotopic (exact) mass is 305 g/mol. The molecule has 0 aliphatic carbocycles. The van der Waals surface area contributed by atoms with Crippen LogP contribution in [0, 0.1) is 32.6 Å². The van der Waals surface area contributed by atoms with Gasteiger partial charge in [0.25, 0.3) is 0 Å². The first-order valence-electron chi connectivity index (χ1n) is 8.46. The largest absolute Gasteiger partial charge is 0.491 e. The van der Waals surface area contributed by atoms with Crippen LogP contribution >= 0.6 is 0 Å². The first kappa shape index (κ1) is 17.3. The standard InChI is InChI=1S/C19H31NO2/c1-13-7-16(4)17(5)19(8-13)22-12-18(21)11-20-9-14(2)6-15(3)10-20/h7-8,14-15,18,21H,6,9-12H2,1-5H3/t14-,15-,18+/m0/s1. The fourth-order valence-electron chi connectivity index (χ4n) is 3.63. The van der Waals surface area contributed by atoms with E-state index in [4.69, 9.17) is 4.74 Å². The molecule has 1 fully saturated rings.